The molecule has 0 aliphatic carbocycles. The van der Waals surface area contributed by atoms with Gasteiger partial charge in [0.15, 0.2) is 0 Å². The van der Waals surface area contributed by atoms with E-state index in [0.717, 1.165) is 6.26 Å². The fourth-order valence-corrected chi connectivity index (χ4v) is 0. The van der Waals surface area contributed by atoms with Crippen LogP contribution in [0, 0.1) is 0 Å². The Kier molecular flexibility index (Phi) is 5.40. The van der Waals surface area contributed by atoms with E-state index >= 15 is 0 Å². The topological polar surface area (TPSA) is 48.2 Å². The smallest absolute Gasteiger partial charge is 0.0690 e. The molecule has 0 radical (unpaired) electrons. The first-order valence-electron chi connectivity index (χ1n) is 1.37. The summed E-state index contributed by atoms with van der Waals surface area (Å²) in [6.45, 7) is 0. The van der Waals surface area contributed by atoms with Gasteiger partial charge in [0.1, 0.15) is 0 Å². The summed E-state index contributed by atoms with van der Waals surface area (Å²) in [5, 5.41) is 0. The van der Waals surface area contributed by atoms with Crippen molar-refractivity contribution < 1.29 is 29.5 Å². The summed E-state index contributed by atoms with van der Waals surface area (Å²) < 4.78 is 22.7. The molecule has 3 nitrogen and oxygen atoms in total. The molecule has 7 heavy (non-hydrogen) atoms. The summed E-state index contributed by atoms with van der Waals surface area (Å²) in [4.78, 5) is 0. The maximum absolute atomic E-state index is 9.83. The number of nitrogens with zero attached hydrogens (tertiary/aromatic N) is 1. The van der Waals surface area contributed by atoms with Gasteiger partial charge in [-0.1, -0.05) is 0 Å². The molecule has 0 fully saturated rings. The molecule has 0 aliphatic heterocycles. The van der Waals surface area contributed by atoms with Gasteiger partial charge >= 0.3 is 0 Å². The van der Waals surface area contributed by atoms with Crippen molar-refractivity contribution in [2.24, 2.45) is 0 Å². The van der Waals surface area contributed by atoms with Crippen LogP contribution in [0.1, 0.15) is 0 Å². The maximum Gasteiger partial charge on any atom is 0.0690 e. The Morgan fingerprint density at radius 1 is 1.43 bits per heavy atom. The van der Waals surface area contributed by atoms with E-state index in [1.807, 2.05) is 0 Å². The molecule has 0 saturated carbocycles. The predicted molar refractivity (Wildman–Crippen MR) is 24.1 cm³/mol. The van der Waals surface area contributed by atoms with Crippen LogP contribution < -0.4 is 0 Å². The van der Waals surface area contributed by atoms with Crippen LogP contribution in [-0.4, -0.2) is 21.7 Å². The molecule has 0 saturated heterocycles. The van der Waals surface area contributed by atoms with Crippen molar-refractivity contribution in [3.63, 3.8) is 0 Å². The fraction of sp³-hybridized carbons (Fsp3) is 1.00. The largest absolute Gasteiger partial charge is 0.552 e. The first-order valence-corrected chi connectivity index (χ1v) is 3.22. The summed E-state index contributed by atoms with van der Waals surface area (Å²) >= 11 is 0. The van der Waals surface area contributed by atoms with Crippen LogP contribution in [-0.2, 0) is 31.1 Å². The van der Waals surface area contributed by atoms with Gasteiger partial charge in [-0.25, -0.2) is 8.42 Å². The average molecular weight is 292 g/mol. The minimum Gasteiger partial charge on any atom is -0.552 e. The Bertz CT molecular complexity index is 118. The zero-order valence-corrected chi connectivity index (χ0v) is 7.83. The predicted octanol–water partition coefficient (Wildman–Crippen LogP) is -0.0530. The van der Waals surface area contributed by atoms with E-state index in [9.17, 15) is 8.42 Å². The third-order valence-corrected chi connectivity index (χ3v) is 0.995. The molecule has 0 amide bonds. The van der Waals surface area contributed by atoms with Crippen LogP contribution >= 0.6 is 0 Å². The van der Waals surface area contributed by atoms with E-state index in [1.165, 1.54) is 7.05 Å². The van der Waals surface area contributed by atoms with E-state index in [1.54, 1.807) is 0 Å². The van der Waals surface area contributed by atoms with Crippen LogP contribution in [0.4, 0.5) is 0 Å². The normalized spacial score (nSPS) is 10.0. The van der Waals surface area contributed by atoms with Crippen LogP contribution in [0.2, 0.25) is 0 Å². The van der Waals surface area contributed by atoms with Crippen molar-refractivity contribution in [1.82, 2.24) is 0 Å². The van der Waals surface area contributed by atoms with Crippen molar-refractivity contribution in [3.05, 3.63) is 4.72 Å². The van der Waals surface area contributed by atoms with Crippen molar-refractivity contribution in [3.8, 4) is 0 Å². The zero-order valence-electron chi connectivity index (χ0n) is 4.08. The molecule has 44 valence electrons. The number of rotatable bonds is 1. The molecule has 0 heterocycles. The third kappa shape index (κ3) is 10.8. The van der Waals surface area contributed by atoms with Crippen molar-refractivity contribution in [1.29, 1.82) is 0 Å². The van der Waals surface area contributed by atoms with Crippen LogP contribution in [0.3, 0.4) is 0 Å². The monoisotopic (exact) mass is 292 g/mol. The molecule has 0 aliphatic rings. The second kappa shape index (κ2) is 3.58. The van der Waals surface area contributed by atoms with Crippen LogP contribution in [0.25, 0.3) is 4.72 Å². The van der Waals surface area contributed by atoms with Crippen LogP contribution in [0.15, 0.2) is 0 Å². The summed E-state index contributed by atoms with van der Waals surface area (Å²) in [5.41, 5.74) is 0. The second-order valence-corrected chi connectivity index (χ2v) is 2.75. The van der Waals surface area contributed by atoms with Gasteiger partial charge in [0, 0.05) is 27.3 Å². The van der Waals surface area contributed by atoms with E-state index in [2.05, 4.69) is 4.72 Å². The van der Waals surface area contributed by atoms with Gasteiger partial charge in [0.25, 0.3) is 0 Å². The molecule has 0 aromatic carbocycles. The molecule has 0 bridgehead atoms. The SMILES string of the molecule is C[N-]S(C)(=O)=O.[W]. The van der Waals surface area contributed by atoms with E-state index in [-0.39, 0.29) is 21.1 Å². The fourth-order valence-electron chi connectivity index (χ4n) is 0. The molecular weight excluding hydrogens is 286 g/mol. The Morgan fingerprint density at radius 3 is 1.57 bits per heavy atom. The average Bonchev–Trinajstić information content (AvgIpc) is 1.35. The van der Waals surface area contributed by atoms with Crippen molar-refractivity contribution >= 4 is 10.0 Å². The molecule has 0 unspecified atom stereocenters. The van der Waals surface area contributed by atoms with Gasteiger partial charge in [-0.2, -0.15) is 7.05 Å². The summed E-state index contributed by atoms with van der Waals surface area (Å²) in [7, 11) is -1.79. The van der Waals surface area contributed by atoms with Gasteiger partial charge in [-0.3, -0.25) is 0 Å². The Morgan fingerprint density at radius 2 is 1.57 bits per heavy atom. The minimum atomic E-state index is -3.04. The Labute approximate surface area is 57.8 Å². The van der Waals surface area contributed by atoms with E-state index < -0.39 is 10.0 Å². The quantitative estimate of drug-likeness (QED) is 0.680. The van der Waals surface area contributed by atoms with E-state index in [0.29, 0.717) is 0 Å². The first-order chi connectivity index (χ1) is 2.56. The second-order valence-electron chi connectivity index (χ2n) is 0.916. The summed E-state index contributed by atoms with van der Waals surface area (Å²) in [6, 6.07) is 0. The molecule has 0 aromatic heterocycles. The Balaban J connectivity index is 0. The first kappa shape index (κ1) is 10.6. The van der Waals surface area contributed by atoms with E-state index in [4.69, 9.17) is 0 Å². The zero-order chi connectivity index (χ0) is 5.21. The molecule has 0 N–H and O–H groups in total. The van der Waals surface area contributed by atoms with Gasteiger partial charge < -0.3 is 4.72 Å². The number of sulfonamides is 1. The van der Waals surface area contributed by atoms with Gasteiger partial charge in [-0.15, -0.1) is 0 Å². The van der Waals surface area contributed by atoms with Crippen molar-refractivity contribution in [2.45, 2.75) is 0 Å². The summed E-state index contributed by atoms with van der Waals surface area (Å²) in [6.07, 6.45) is 1.05. The third-order valence-electron chi connectivity index (χ3n) is 0.332. The van der Waals surface area contributed by atoms with Crippen molar-refractivity contribution in [2.75, 3.05) is 13.3 Å². The van der Waals surface area contributed by atoms with Crippen LogP contribution in [0.5, 0.6) is 0 Å². The molecule has 0 spiro atoms. The standard InChI is InChI=1S/C2H6NO2S.W/c1-3-6(2,4)5;/h1-2H3;/q-1;. The molecule has 5 heteroatoms. The summed E-state index contributed by atoms with van der Waals surface area (Å²) in [5.74, 6) is 0. The number of hydrogen-bond acceptors (Lipinski definition) is 2. The van der Waals surface area contributed by atoms with Gasteiger partial charge in [0.2, 0.25) is 0 Å². The van der Waals surface area contributed by atoms with Gasteiger partial charge in [-0.05, 0) is 0 Å². The molecular formula is C2H6NO2SW-. The molecule has 0 rings (SSSR count). The van der Waals surface area contributed by atoms with Gasteiger partial charge in [0.05, 0.1) is 10.0 Å². The molecule has 0 atom stereocenters. The maximum atomic E-state index is 9.83. The molecule has 0 aromatic rings. The Hall–Kier alpha value is 0.598. The minimum absolute atomic E-state index is 0. The number of hydrogen-bond donors (Lipinski definition) is 0.